The van der Waals surface area contributed by atoms with Crippen LogP contribution in [0.2, 0.25) is 0 Å². The first-order chi connectivity index (χ1) is 11.0. The number of halogens is 1. The standard InChI is InChI=1S/C16H13FN2O4/c1-9-5-6-13(17)12(7-9)15-19(22)14(18-23-15)10-3-2-4-11(8-10)16(20)21/h2-8,14-15,18H,1H3/p+1. The van der Waals surface area contributed by atoms with E-state index in [1.54, 1.807) is 25.1 Å². The Hall–Kier alpha value is -2.64. The molecule has 1 aliphatic rings. The maximum atomic E-state index is 13.9. The number of hydroxylamine groups is 1. The highest BCUT2D eigenvalue weighted by atomic mass is 19.1. The third kappa shape index (κ3) is 2.84. The molecule has 23 heavy (non-hydrogen) atoms. The van der Waals surface area contributed by atoms with E-state index < -0.39 is 24.2 Å². The number of nitrogens with zero attached hydrogens (tertiary/aromatic N) is 1. The summed E-state index contributed by atoms with van der Waals surface area (Å²) in [4.78, 5) is 28.7. The van der Waals surface area contributed by atoms with Crippen LogP contribution in [0.3, 0.4) is 0 Å². The van der Waals surface area contributed by atoms with Crippen molar-refractivity contribution in [1.29, 1.82) is 0 Å². The van der Waals surface area contributed by atoms with Gasteiger partial charge >= 0.3 is 18.4 Å². The fourth-order valence-corrected chi connectivity index (χ4v) is 2.48. The molecule has 2 N–H and O–H groups in total. The van der Waals surface area contributed by atoms with Crippen LogP contribution in [0.5, 0.6) is 0 Å². The molecule has 0 bridgehead atoms. The van der Waals surface area contributed by atoms with E-state index in [0.717, 1.165) is 5.56 Å². The summed E-state index contributed by atoms with van der Waals surface area (Å²) in [6.07, 6.45) is -2.06. The Labute approximate surface area is 131 Å². The summed E-state index contributed by atoms with van der Waals surface area (Å²) in [6.45, 7) is 1.79. The van der Waals surface area contributed by atoms with Crippen LogP contribution in [0.1, 0.15) is 39.4 Å². The van der Waals surface area contributed by atoms with Crippen LogP contribution < -0.4 is 5.48 Å². The van der Waals surface area contributed by atoms with Gasteiger partial charge in [-0.25, -0.2) is 14.0 Å². The van der Waals surface area contributed by atoms with Gasteiger partial charge in [0.1, 0.15) is 5.82 Å². The van der Waals surface area contributed by atoms with Gasteiger partial charge in [-0.3, -0.25) is 0 Å². The largest absolute Gasteiger partial charge is 0.478 e. The van der Waals surface area contributed by atoms with Crippen molar-refractivity contribution in [2.24, 2.45) is 0 Å². The summed E-state index contributed by atoms with van der Waals surface area (Å²) in [6, 6.07) is 10.4. The lowest BCUT2D eigenvalue weighted by molar-refractivity contribution is -0.631. The van der Waals surface area contributed by atoms with Crippen LogP contribution in [-0.4, -0.2) is 15.8 Å². The molecule has 0 radical (unpaired) electrons. The molecule has 2 aromatic carbocycles. The van der Waals surface area contributed by atoms with Crippen molar-refractivity contribution in [1.82, 2.24) is 5.48 Å². The fourth-order valence-electron chi connectivity index (χ4n) is 2.48. The number of hydrogen-bond acceptors (Lipinski definition) is 4. The molecule has 118 valence electrons. The van der Waals surface area contributed by atoms with Crippen LogP contribution in [0.25, 0.3) is 0 Å². The van der Waals surface area contributed by atoms with Crippen LogP contribution in [0.15, 0.2) is 42.5 Å². The van der Waals surface area contributed by atoms with Crippen LogP contribution >= 0.6 is 0 Å². The van der Waals surface area contributed by atoms with Gasteiger partial charge in [-0.1, -0.05) is 23.8 Å². The number of aryl methyl sites for hydroxylation is 1. The van der Waals surface area contributed by atoms with E-state index in [4.69, 9.17) is 9.94 Å². The number of nitrogens with one attached hydrogen (secondary N) is 1. The van der Waals surface area contributed by atoms with Crippen molar-refractivity contribution < 1.29 is 23.9 Å². The van der Waals surface area contributed by atoms with Crippen LogP contribution in [0, 0.1) is 17.6 Å². The first kappa shape index (κ1) is 15.3. The Balaban J connectivity index is 1.91. The van der Waals surface area contributed by atoms with E-state index >= 15 is 0 Å². The second kappa shape index (κ2) is 5.86. The molecule has 2 aromatic rings. The van der Waals surface area contributed by atoms with Crippen molar-refractivity contribution in [2.75, 3.05) is 0 Å². The molecule has 7 heteroatoms. The Morgan fingerprint density at radius 1 is 1.30 bits per heavy atom. The lowest BCUT2D eigenvalue weighted by Crippen LogP contribution is -2.19. The SMILES string of the molecule is Cc1ccc(F)c(C2ONC(c3cccc(C(=O)O)c3)[N+]2=O)c1. The molecule has 1 saturated heterocycles. The first-order valence-corrected chi connectivity index (χ1v) is 6.93. The van der Waals surface area contributed by atoms with Crippen molar-refractivity contribution in [2.45, 2.75) is 19.3 Å². The highest BCUT2D eigenvalue weighted by Gasteiger charge is 2.46. The van der Waals surface area contributed by atoms with Gasteiger partial charge in [-0.2, -0.15) is 0 Å². The topological polar surface area (TPSA) is 78.6 Å². The molecule has 0 aromatic heterocycles. The van der Waals surface area contributed by atoms with E-state index in [-0.39, 0.29) is 11.1 Å². The zero-order valence-corrected chi connectivity index (χ0v) is 12.2. The predicted octanol–water partition coefficient (Wildman–Crippen LogP) is 2.84. The number of carbonyl (C=O) groups is 1. The molecule has 1 aliphatic heterocycles. The molecular weight excluding hydrogens is 303 g/mol. The van der Waals surface area contributed by atoms with Crippen LogP contribution in [-0.2, 0) is 4.84 Å². The number of carboxylic acid groups (broad SMARTS) is 1. The monoisotopic (exact) mass is 317 g/mol. The minimum absolute atomic E-state index is 0.0582. The number of carboxylic acids is 1. The maximum absolute atomic E-state index is 13.9. The van der Waals surface area contributed by atoms with Gasteiger partial charge in [0.15, 0.2) is 0 Å². The summed E-state index contributed by atoms with van der Waals surface area (Å²) < 4.78 is 14.5. The third-order valence-corrected chi connectivity index (χ3v) is 3.64. The maximum Gasteiger partial charge on any atom is 0.352 e. The number of hydrogen-bond donors (Lipinski definition) is 2. The first-order valence-electron chi connectivity index (χ1n) is 6.93. The Kier molecular flexibility index (Phi) is 3.89. The minimum Gasteiger partial charge on any atom is -0.478 e. The second-order valence-corrected chi connectivity index (χ2v) is 5.31. The van der Waals surface area contributed by atoms with Crippen molar-refractivity contribution in [3.63, 3.8) is 0 Å². The Morgan fingerprint density at radius 3 is 2.83 bits per heavy atom. The molecule has 1 fully saturated rings. The molecule has 0 aliphatic carbocycles. The predicted molar refractivity (Wildman–Crippen MR) is 77.9 cm³/mol. The molecule has 2 atom stereocenters. The van der Waals surface area contributed by atoms with Crippen molar-refractivity contribution in [3.8, 4) is 0 Å². The average molecular weight is 317 g/mol. The van der Waals surface area contributed by atoms with E-state index in [1.807, 2.05) is 0 Å². The highest BCUT2D eigenvalue weighted by molar-refractivity contribution is 5.87. The molecule has 6 nitrogen and oxygen atoms in total. The quantitative estimate of drug-likeness (QED) is 0.851. The molecule has 3 rings (SSSR count). The molecule has 2 unspecified atom stereocenters. The van der Waals surface area contributed by atoms with Gasteiger partial charge in [0.25, 0.3) is 0 Å². The van der Waals surface area contributed by atoms with Crippen LogP contribution in [0.4, 0.5) is 4.39 Å². The Morgan fingerprint density at radius 2 is 2.09 bits per heavy atom. The van der Waals surface area contributed by atoms with E-state index in [9.17, 15) is 14.1 Å². The number of nitroso groups, excluding NO2 is 1. The number of aromatic carboxylic acids is 1. The summed E-state index contributed by atoms with van der Waals surface area (Å²) in [5.41, 5.74) is 3.95. The van der Waals surface area contributed by atoms with Crippen molar-refractivity contribution in [3.05, 3.63) is 75.4 Å². The summed E-state index contributed by atoms with van der Waals surface area (Å²) >= 11 is 0. The van der Waals surface area contributed by atoms with Gasteiger partial charge in [0.05, 0.1) is 15.9 Å². The van der Waals surface area contributed by atoms with E-state index in [2.05, 4.69) is 5.48 Å². The van der Waals surface area contributed by atoms with Gasteiger partial charge in [0.2, 0.25) is 0 Å². The zero-order chi connectivity index (χ0) is 16.6. The molecule has 1 heterocycles. The minimum atomic E-state index is -1.15. The molecule has 0 spiro atoms. The van der Waals surface area contributed by atoms with Gasteiger partial charge in [0, 0.05) is 10.5 Å². The van der Waals surface area contributed by atoms with E-state index in [1.165, 1.54) is 24.3 Å². The summed E-state index contributed by atoms with van der Waals surface area (Å²) in [7, 11) is 0. The normalized spacial score (nSPS) is 20.7. The second-order valence-electron chi connectivity index (χ2n) is 5.31. The van der Waals surface area contributed by atoms with Gasteiger partial charge < -0.3 is 5.11 Å². The number of rotatable bonds is 3. The average Bonchev–Trinajstić information content (AvgIpc) is 2.91. The molecule has 0 saturated carbocycles. The third-order valence-electron chi connectivity index (χ3n) is 3.64. The lowest BCUT2D eigenvalue weighted by Gasteiger charge is -2.05. The zero-order valence-electron chi connectivity index (χ0n) is 12.2. The molecular formula is C16H14FN2O4+. The van der Waals surface area contributed by atoms with E-state index in [0.29, 0.717) is 10.3 Å². The summed E-state index contributed by atoms with van der Waals surface area (Å²) in [5.74, 6) is -1.63. The highest BCUT2D eigenvalue weighted by Crippen LogP contribution is 2.32. The van der Waals surface area contributed by atoms with Gasteiger partial charge in [-0.15, -0.1) is 5.48 Å². The van der Waals surface area contributed by atoms with Crippen molar-refractivity contribution >= 4 is 5.97 Å². The smallest absolute Gasteiger partial charge is 0.352 e. The number of benzene rings is 2. The summed E-state index contributed by atoms with van der Waals surface area (Å²) in [5, 5.41) is 9.02. The Bertz CT molecular complexity index is 793. The fraction of sp³-hybridized carbons (Fsp3) is 0.188. The molecule has 0 amide bonds. The van der Waals surface area contributed by atoms with Gasteiger partial charge in [-0.05, 0) is 31.2 Å². The lowest BCUT2D eigenvalue weighted by atomic mass is 10.1.